The summed E-state index contributed by atoms with van der Waals surface area (Å²) < 4.78 is 0. The fraction of sp³-hybridized carbons (Fsp3) is 0.625. The van der Waals surface area contributed by atoms with Crippen molar-refractivity contribution < 1.29 is 9.90 Å². The maximum Gasteiger partial charge on any atom is 0.354 e. The summed E-state index contributed by atoms with van der Waals surface area (Å²) in [5, 5.41) is 9.01. The SMILES string of the molecule is CC[C@H]1CN(Cc2cccc(C(=O)O)n2)CCN1C(C)C. The van der Waals surface area contributed by atoms with Crippen LogP contribution in [0.3, 0.4) is 0 Å². The summed E-state index contributed by atoms with van der Waals surface area (Å²) in [6.07, 6.45) is 1.14. The van der Waals surface area contributed by atoms with Crippen molar-refractivity contribution in [1.82, 2.24) is 14.8 Å². The molecule has 1 N–H and O–H groups in total. The van der Waals surface area contributed by atoms with Crippen LogP contribution in [0.25, 0.3) is 0 Å². The van der Waals surface area contributed by atoms with E-state index in [0.29, 0.717) is 12.1 Å². The summed E-state index contributed by atoms with van der Waals surface area (Å²) in [6.45, 7) is 10.5. The van der Waals surface area contributed by atoms with Crippen molar-refractivity contribution in [2.75, 3.05) is 19.6 Å². The lowest BCUT2D eigenvalue weighted by molar-refractivity contribution is 0.0450. The number of hydrogen-bond donors (Lipinski definition) is 1. The summed E-state index contributed by atoms with van der Waals surface area (Å²) in [6, 6.07) is 6.36. The summed E-state index contributed by atoms with van der Waals surface area (Å²) >= 11 is 0. The van der Waals surface area contributed by atoms with E-state index in [0.717, 1.165) is 38.3 Å². The Morgan fingerprint density at radius 1 is 1.43 bits per heavy atom. The third-order valence-electron chi connectivity index (χ3n) is 4.16. The maximum absolute atomic E-state index is 11.0. The van der Waals surface area contributed by atoms with Crippen molar-refractivity contribution in [3.63, 3.8) is 0 Å². The van der Waals surface area contributed by atoms with Crippen LogP contribution in [0.5, 0.6) is 0 Å². The second-order valence-electron chi connectivity index (χ2n) is 5.95. The molecular formula is C16H25N3O2. The van der Waals surface area contributed by atoms with Gasteiger partial charge in [0.2, 0.25) is 0 Å². The van der Waals surface area contributed by atoms with E-state index in [2.05, 4.69) is 35.6 Å². The van der Waals surface area contributed by atoms with Gasteiger partial charge in [0.25, 0.3) is 0 Å². The Morgan fingerprint density at radius 2 is 2.19 bits per heavy atom. The molecular weight excluding hydrogens is 266 g/mol. The minimum atomic E-state index is -0.965. The van der Waals surface area contributed by atoms with Gasteiger partial charge in [-0.05, 0) is 32.4 Å². The zero-order valence-electron chi connectivity index (χ0n) is 13.1. The summed E-state index contributed by atoms with van der Waals surface area (Å²) in [7, 11) is 0. The highest BCUT2D eigenvalue weighted by molar-refractivity contribution is 5.85. The van der Waals surface area contributed by atoms with Gasteiger partial charge >= 0.3 is 5.97 Å². The van der Waals surface area contributed by atoms with Gasteiger partial charge in [0, 0.05) is 38.3 Å². The largest absolute Gasteiger partial charge is 0.477 e. The van der Waals surface area contributed by atoms with E-state index < -0.39 is 5.97 Å². The lowest BCUT2D eigenvalue weighted by Gasteiger charge is -2.43. The Hall–Kier alpha value is -1.46. The van der Waals surface area contributed by atoms with E-state index in [4.69, 9.17) is 5.11 Å². The molecule has 2 rings (SSSR count). The predicted octanol–water partition coefficient (Wildman–Crippen LogP) is 2.08. The predicted molar refractivity (Wildman–Crippen MR) is 82.4 cm³/mol. The Kier molecular flexibility index (Phi) is 5.31. The molecule has 5 heteroatoms. The highest BCUT2D eigenvalue weighted by Gasteiger charge is 2.27. The number of piperazine rings is 1. The maximum atomic E-state index is 11.0. The normalized spacial score (nSPS) is 20.9. The molecule has 1 aliphatic rings. The molecule has 2 heterocycles. The van der Waals surface area contributed by atoms with Crippen molar-refractivity contribution in [2.45, 2.75) is 45.8 Å². The van der Waals surface area contributed by atoms with Gasteiger partial charge in [-0.25, -0.2) is 9.78 Å². The van der Waals surface area contributed by atoms with E-state index in [1.54, 1.807) is 6.07 Å². The molecule has 1 atom stereocenters. The molecule has 0 spiro atoms. The smallest absolute Gasteiger partial charge is 0.354 e. The number of aromatic carboxylic acids is 1. The Morgan fingerprint density at radius 3 is 2.81 bits per heavy atom. The molecule has 0 bridgehead atoms. The number of carbonyl (C=O) groups is 1. The molecule has 1 aliphatic heterocycles. The molecule has 5 nitrogen and oxygen atoms in total. The first-order chi connectivity index (χ1) is 10.0. The van der Waals surface area contributed by atoms with Gasteiger partial charge in [0.15, 0.2) is 0 Å². The molecule has 0 amide bonds. The number of carboxylic acids is 1. The van der Waals surface area contributed by atoms with E-state index in [-0.39, 0.29) is 5.69 Å². The highest BCUT2D eigenvalue weighted by Crippen LogP contribution is 2.17. The van der Waals surface area contributed by atoms with Gasteiger partial charge in [-0.15, -0.1) is 0 Å². The van der Waals surface area contributed by atoms with Crippen LogP contribution in [0.1, 0.15) is 43.4 Å². The first-order valence-corrected chi connectivity index (χ1v) is 7.68. The van der Waals surface area contributed by atoms with Crippen LogP contribution in [0, 0.1) is 0 Å². The first kappa shape index (κ1) is 15.9. The highest BCUT2D eigenvalue weighted by atomic mass is 16.4. The standard InChI is InChI=1S/C16H25N3O2/c1-4-14-11-18(8-9-19(14)12(2)3)10-13-6-5-7-15(17-13)16(20)21/h5-7,12,14H,4,8-11H2,1-3H3,(H,20,21)/t14-/m0/s1. The Labute approximate surface area is 126 Å². The summed E-state index contributed by atoms with van der Waals surface area (Å²) in [4.78, 5) is 20.1. The fourth-order valence-electron chi connectivity index (χ4n) is 3.04. The molecule has 0 saturated carbocycles. The minimum absolute atomic E-state index is 0.125. The van der Waals surface area contributed by atoms with Crippen molar-refractivity contribution >= 4 is 5.97 Å². The van der Waals surface area contributed by atoms with Crippen molar-refractivity contribution in [3.8, 4) is 0 Å². The summed E-state index contributed by atoms with van der Waals surface area (Å²) in [5.74, 6) is -0.965. The van der Waals surface area contributed by atoms with E-state index >= 15 is 0 Å². The lowest BCUT2D eigenvalue weighted by Crippen LogP contribution is -2.54. The molecule has 21 heavy (non-hydrogen) atoms. The van der Waals surface area contributed by atoms with Gasteiger partial charge < -0.3 is 5.11 Å². The number of carboxylic acid groups (broad SMARTS) is 1. The van der Waals surface area contributed by atoms with Crippen LogP contribution in [0.4, 0.5) is 0 Å². The van der Waals surface area contributed by atoms with Crippen LogP contribution in [0.15, 0.2) is 18.2 Å². The average Bonchev–Trinajstić information content (AvgIpc) is 2.47. The number of nitrogens with zero attached hydrogens (tertiary/aromatic N) is 3. The second kappa shape index (κ2) is 7.00. The van der Waals surface area contributed by atoms with Crippen LogP contribution in [0.2, 0.25) is 0 Å². The molecule has 1 aromatic heterocycles. The third-order valence-corrected chi connectivity index (χ3v) is 4.16. The topological polar surface area (TPSA) is 56.7 Å². The fourth-order valence-corrected chi connectivity index (χ4v) is 3.04. The average molecular weight is 291 g/mol. The molecule has 0 aromatic carbocycles. The van der Waals surface area contributed by atoms with Gasteiger partial charge in [0.05, 0.1) is 5.69 Å². The zero-order valence-corrected chi connectivity index (χ0v) is 13.1. The van der Waals surface area contributed by atoms with E-state index in [1.807, 2.05) is 6.07 Å². The van der Waals surface area contributed by atoms with Gasteiger partial charge in [-0.1, -0.05) is 13.0 Å². The van der Waals surface area contributed by atoms with E-state index in [1.165, 1.54) is 6.07 Å². The van der Waals surface area contributed by atoms with Gasteiger partial charge in [0.1, 0.15) is 5.69 Å². The number of aromatic nitrogens is 1. The van der Waals surface area contributed by atoms with E-state index in [9.17, 15) is 4.79 Å². The molecule has 0 unspecified atom stereocenters. The van der Waals surface area contributed by atoms with Crippen molar-refractivity contribution in [3.05, 3.63) is 29.6 Å². The van der Waals surface area contributed by atoms with Gasteiger partial charge in [-0.2, -0.15) is 0 Å². The number of rotatable bonds is 5. The monoisotopic (exact) mass is 291 g/mol. The molecule has 0 radical (unpaired) electrons. The Bertz CT molecular complexity index is 490. The molecule has 1 fully saturated rings. The zero-order chi connectivity index (χ0) is 15.4. The molecule has 0 aliphatic carbocycles. The Balaban J connectivity index is 2.01. The van der Waals surface area contributed by atoms with Crippen LogP contribution in [-0.4, -0.2) is 57.6 Å². The van der Waals surface area contributed by atoms with Crippen LogP contribution >= 0.6 is 0 Å². The van der Waals surface area contributed by atoms with Crippen molar-refractivity contribution in [2.24, 2.45) is 0 Å². The number of hydrogen-bond acceptors (Lipinski definition) is 4. The van der Waals surface area contributed by atoms with Crippen LogP contribution < -0.4 is 0 Å². The van der Waals surface area contributed by atoms with Gasteiger partial charge in [-0.3, -0.25) is 9.80 Å². The number of pyridine rings is 1. The molecule has 1 aromatic rings. The lowest BCUT2D eigenvalue weighted by atomic mass is 10.1. The molecule has 116 valence electrons. The summed E-state index contributed by atoms with van der Waals surface area (Å²) in [5.41, 5.74) is 0.961. The minimum Gasteiger partial charge on any atom is -0.477 e. The second-order valence-corrected chi connectivity index (χ2v) is 5.95. The third kappa shape index (κ3) is 4.02. The molecule has 1 saturated heterocycles. The van der Waals surface area contributed by atoms with Crippen LogP contribution in [-0.2, 0) is 6.54 Å². The first-order valence-electron chi connectivity index (χ1n) is 7.68. The quantitative estimate of drug-likeness (QED) is 0.900. The van der Waals surface area contributed by atoms with Crippen molar-refractivity contribution in [1.29, 1.82) is 0 Å².